The van der Waals surface area contributed by atoms with Crippen molar-refractivity contribution in [1.82, 2.24) is 0 Å². The second-order valence-corrected chi connectivity index (χ2v) is 11.2. The van der Waals surface area contributed by atoms with Crippen molar-refractivity contribution in [2.45, 2.75) is 90.9 Å². The minimum Gasteiger partial charge on any atom is -0.486 e. The number of ether oxygens (including phenoxy) is 1. The molecule has 0 spiro atoms. The van der Waals surface area contributed by atoms with Gasteiger partial charge in [-0.2, -0.15) is 8.78 Å². The lowest BCUT2D eigenvalue weighted by Gasteiger charge is -2.30. The first-order valence-corrected chi connectivity index (χ1v) is 11.7. The van der Waals surface area contributed by atoms with Crippen molar-refractivity contribution in [2.24, 2.45) is 0 Å². The van der Waals surface area contributed by atoms with Crippen LogP contribution in [0.3, 0.4) is 0 Å². The summed E-state index contributed by atoms with van der Waals surface area (Å²) in [6.07, 6.45) is 3.04. The van der Waals surface area contributed by atoms with E-state index in [1.165, 1.54) is 0 Å². The molecule has 1 aromatic carbocycles. The molecule has 0 aromatic heterocycles. The number of carbonyl (C=O) groups is 1. The number of carboxylic acids is 1. The van der Waals surface area contributed by atoms with Gasteiger partial charge in [0, 0.05) is 17.2 Å². The van der Waals surface area contributed by atoms with Crippen molar-refractivity contribution in [3.8, 4) is 5.75 Å². The fourth-order valence-corrected chi connectivity index (χ4v) is 3.96. The summed E-state index contributed by atoms with van der Waals surface area (Å²) in [6, 6.07) is 3.84. The Bertz CT molecular complexity index is 1040. The number of carboxylic acid groups (broad SMARTS) is 1. The fourth-order valence-electron chi connectivity index (χ4n) is 3.96. The summed E-state index contributed by atoms with van der Waals surface area (Å²) in [5.74, 6) is -5.12. The summed E-state index contributed by atoms with van der Waals surface area (Å²) in [7, 11) is 0. The number of hydrogen-bond acceptors (Lipinski definition) is 2. The molecular formula is C28H36F4O3. The Morgan fingerprint density at radius 2 is 1.71 bits per heavy atom. The molecule has 3 nitrogen and oxygen atoms in total. The highest BCUT2D eigenvalue weighted by Gasteiger charge is 2.42. The molecule has 0 heterocycles. The highest BCUT2D eigenvalue weighted by molar-refractivity contribution is 5.81. The lowest BCUT2D eigenvalue weighted by atomic mass is 9.77. The summed E-state index contributed by atoms with van der Waals surface area (Å²) in [5, 5.41) is 8.97. The zero-order valence-electron chi connectivity index (χ0n) is 21.6. The van der Waals surface area contributed by atoms with E-state index in [0.717, 1.165) is 35.6 Å². The van der Waals surface area contributed by atoms with E-state index in [4.69, 9.17) is 9.84 Å². The first kappa shape index (κ1) is 28.7. The molecule has 1 aliphatic rings. The van der Waals surface area contributed by atoms with Crippen LogP contribution in [-0.4, -0.2) is 30.0 Å². The lowest BCUT2D eigenvalue weighted by Crippen LogP contribution is -2.34. The van der Waals surface area contributed by atoms with Gasteiger partial charge in [0.2, 0.25) is 0 Å². The van der Waals surface area contributed by atoms with E-state index in [2.05, 4.69) is 0 Å². The van der Waals surface area contributed by atoms with Crippen LogP contribution in [0.1, 0.15) is 84.4 Å². The number of alkyl halides is 4. The highest BCUT2D eigenvalue weighted by atomic mass is 19.3. The summed E-state index contributed by atoms with van der Waals surface area (Å²) in [4.78, 5) is 10.9. The molecule has 0 bridgehead atoms. The van der Waals surface area contributed by atoms with Crippen LogP contribution in [-0.2, 0) is 15.6 Å². The molecule has 0 saturated heterocycles. The Labute approximate surface area is 205 Å². The van der Waals surface area contributed by atoms with E-state index < -0.39 is 30.3 Å². The van der Waals surface area contributed by atoms with Gasteiger partial charge in [-0.3, -0.25) is 0 Å². The molecular weight excluding hydrogens is 460 g/mol. The maximum Gasteiger partial charge on any atom is 0.340 e. The van der Waals surface area contributed by atoms with Crippen molar-refractivity contribution in [1.29, 1.82) is 0 Å². The van der Waals surface area contributed by atoms with Gasteiger partial charge in [-0.05, 0) is 65.4 Å². The minimum atomic E-state index is -4.28. The van der Waals surface area contributed by atoms with Crippen LogP contribution in [0.4, 0.5) is 17.6 Å². The van der Waals surface area contributed by atoms with E-state index >= 15 is 0 Å². The fraction of sp³-hybridized carbons (Fsp3) is 0.536. The zero-order chi connectivity index (χ0) is 26.8. The first-order valence-electron chi connectivity index (χ1n) is 11.7. The van der Waals surface area contributed by atoms with Crippen LogP contribution in [0.15, 0.2) is 41.5 Å². The van der Waals surface area contributed by atoms with Crippen molar-refractivity contribution in [3.05, 3.63) is 58.2 Å². The van der Waals surface area contributed by atoms with E-state index in [1.807, 2.05) is 59.8 Å². The molecule has 2 rings (SSSR count). The maximum atomic E-state index is 13.9. The van der Waals surface area contributed by atoms with Crippen LogP contribution in [0.25, 0.3) is 5.57 Å². The Morgan fingerprint density at radius 3 is 2.23 bits per heavy atom. The van der Waals surface area contributed by atoms with Gasteiger partial charge in [0.15, 0.2) is 6.61 Å². The molecule has 1 N–H and O–H groups in total. The van der Waals surface area contributed by atoms with Crippen LogP contribution in [0, 0.1) is 0 Å². The predicted octanol–water partition coefficient (Wildman–Crippen LogP) is 8.09. The Balaban J connectivity index is 2.77. The maximum absolute atomic E-state index is 13.9. The van der Waals surface area contributed by atoms with Crippen molar-refractivity contribution >= 4 is 11.5 Å². The predicted molar refractivity (Wildman–Crippen MR) is 132 cm³/mol. The van der Waals surface area contributed by atoms with Gasteiger partial charge in [-0.25, -0.2) is 13.6 Å². The largest absolute Gasteiger partial charge is 0.486 e. The number of hydrogen-bond donors (Lipinski definition) is 1. The van der Waals surface area contributed by atoms with Gasteiger partial charge in [-0.1, -0.05) is 59.8 Å². The number of rotatable bonds is 8. The lowest BCUT2D eigenvalue weighted by molar-refractivity contribution is -0.148. The quantitative estimate of drug-likeness (QED) is 0.225. The average Bonchev–Trinajstić information content (AvgIpc) is 3.16. The summed E-state index contributed by atoms with van der Waals surface area (Å²) < 4.78 is 59.1. The monoisotopic (exact) mass is 496 g/mol. The Morgan fingerprint density at radius 1 is 1.09 bits per heavy atom. The van der Waals surface area contributed by atoms with E-state index in [1.54, 1.807) is 13.0 Å². The van der Waals surface area contributed by atoms with E-state index in [0.29, 0.717) is 23.1 Å². The van der Waals surface area contributed by atoms with Crippen molar-refractivity contribution < 1.29 is 32.2 Å². The standard InChI is InChI=1S/C28H36F4O3/c1-17(13-23(33)34)11-12-18-9-8-10-20(18)21-14-19(26(2,3)4)15-22(27(5,6)7)24(21)35-16-28(31,32)25(29)30/h11-15,25H,8-10,16H2,1-7H3,(H,33,34)/b12-11+,17-13+. The second-order valence-electron chi connectivity index (χ2n) is 11.2. The van der Waals surface area contributed by atoms with Gasteiger partial charge in [-0.15, -0.1) is 0 Å². The molecule has 0 unspecified atom stereocenters. The molecule has 0 fully saturated rings. The molecule has 1 aliphatic carbocycles. The third-order valence-electron chi connectivity index (χ3n) is 5.98. The second kappa shape index (κ2) is 10.6. The summed E-state index contributed by atoms with van der Waals surface area (Å²) in [6.45, 7) is 12.2. The summed E-state index contributed by atoms with van der Waals surface area (Å²) in [5.41, 5.74) is 3.94. The zero-order valence-corrected chi connectivity index (χ0v) is 21.6. The van der Waals surface area contributed by atoms with Gasteiger partial charge in [0.05, 0.1) is 0 Å². The molecule has 1 aromatic rings. The SMILES string of the molecule is CC(/C=C/C1=C(c2cc(C(C)(C)C)cc(C(C)(C)C)c2OCC(F)(F)C(F)F)CCC1)=C\C(=O)O. The third kappa shape index (κ3) is 7.45. The Kier molecular flexibility index (Phi) is 8.67. The van der Waals surface area contributed by atoms with Crippen LogP contribution < -0.4 is 4.74 Å². The topological polar surface area (TPSA) is 46.5 Å². The molecule has 0 aliphatic heterocycles. The number of allylic oxidation sites excluding steroid dienone is 5. The number of halogens is 4. The molecule has 0 radical (unpaired) electrons. The smallest absolute Gasteiger partial charge is 0.340 e. The molecule has 7 heteroatoms. The minimum absolute atomic E-state index is 0.200. The van der Waals surface area contributed by atoms with Crippen LogP contribution in [0.5, 0.6) is 5.75 Å². The molecule has 0 amide bonds. The number of benzene rings is 1. The van der Waals surface area contributed by atoms with Gasteiger partial charge >= 0.3 is 18.3 Å². The van der Waals surface area contributed by atoms with Gasteiger partial charge in [0.1, 0.15) is 5.75 Å². The van der Waals surface area contributed by atoms with Gasteiger partial charge in [0.25, 0.3) is 0 Å². The Hall–Kier alpha value is -2.57. The van der Waals surface area contributed by atoms with E-state index in [9.17, 15) is 22.4 Å². The molecule has 0 saturated carbocycles. The highest BCUT2D eigenvalue weighted by Crippen LogP contribution is 2.46. The van der Waals surface area contributed by atoms with Crippen molar-refractivity contribution in [3.63, 3.8) is 0 Å². The van der Waals surface area contributed by atoms with Crippen LogP contribution in [0.2, 0.25) is 0 Å². The van der Waals surface area contributed by atoms with Crippen molar-refractivity contribution in [2.75, 3.05) is 6.61 Å². The third-order valence-corrected chi connectivity index (χ3v) is 5.98. The molecule has 0 atom stereocenters. The summed E-state index contributed by atoms with van der Waals surface area (Å²) >= 11 is 0. The molecule has 194 valence electrons. The normalized spacial score (nSPS) is 16.1. The van der Waals surface area contributed by atoms with E-state index in [-0.39, 0.29) is 11.2 Å². The van der Waals surface area contributed by atoms with Gasteiger partial charge < -0.3 is 9.84 Å². The first-order chi connectivity index (χ1) is 15.9. The number of aliphatic carboxylic acids is 1. The average molecular weight is 497 g/mol. The molecule has 35 heavy (non-hydrogen) atoms. The van der Waals surface area contributed by atoms with Crippen LogP contribution >= 0.6 is 0 Å².